The van der Waals surface area contributed by atoms with Crippen molar-refractivity contribution in [2.24, 2.45) is 0 Å². The Morgan fingerprint density at radius 1 is 1.38 bits per heavy atom. The summed E-state index contributed by atoms with van der Waals surface area (Å²) in [6, 6.07) is 4.07. The van der Waals surface area contributed by atoms with Gasteiger partial charge in [0.25, 0.3) is 5.69 Å². The zero-order valence-electron chi connectivity index (χ0n) is 13.4. The van der Waals surface area contributed by atoms with Gasteiger partial charge in [-0.2, -0.15) is 0 Å². The van der Waals surface area contributed by atoms with Crippen LogP contribution in [0.25, 0.3) is 0 Å². The molecule has 0 unspecified atom stereocenters. The molecule has 0 spiro atoms. The molecule has 1 aromatic carbocycles. The molecule has 0 aliphatic rings. The largest absolute Gasteiger partial charge is 0.496 e. The number of carbonyl (C=O) groups is 2. The highest BCUT2D eigenvalue weighted by atomic mass is 35.5. The van der Waals surface area contributed by atoms with Crippen molar-refractivity contribution in [2.45, 2.75) is 13.3 Å². The second-order valence-electron chi connectivity index (χ2n) is 4.79. The molecule has 0 aliphatic heterocycles. The monoisotopic (exact) mass is 361 g/mol. The fourth-order valence-electron chi connectivity index (χ4n) is 2.01. The lowest BCUT2D eigenvalue weighted by Gasteiger charge is -2.18. The summed E-state index contributed by atoms with van der Waals surface area (Å²) in [4.78, 5) is 34.6. The van der Waals surface area contributed by atoms with Crippen molar-refractivity contribution in [1.29, 1.82) is 0 Å². The van der Waals surface area contributed by atoms with Crippen LogP contribution >= 0.6 is 12.4 Å². The van der Waals surface area contributed by atoms with Gasteiger partial charge in [-0.15, -0.1) is 12.4 Å². The number of anilines is 1. The number of halogens is 1. The van der Waals surface area contributed by atoms with Crippen LogP contribution < -0.4 is 10.1 Å². The zero-order valence-corrected chi connectivity index (χ0v) is 14.2. The number of nitrogens with one attached hydrogen (secondary N) is 1. The molecule has 0 saturated heterocycles. The average molecular weight is 362 g/mol. The number of carbonyl (C=O) groups excluding carboxylic acids is 1. The number of nitro groups is 1. The first-order valence-corrected chi connectivity index (χ1v) is 6.93. The van der Waals surface area contributed by atoms with Gasteiger partial charge in [-0.1, -0.05) is 6.92 Å². The van der Waals surface area contributed by atoms with E-state index < -0.39 is 16.8 Å². The van der Waals surface area contributed by atoms with E-state index in [0.29, 0.717) is 18.7 Å². The highest BCUT2D eigenvalue weighted by Crippen LogP contribution is 2.28. The zero-order chi connectivity index (χ0) is 17.4. The molecule has 0 heterocycles. The first-order chi connectivity index (χ1) is 10.9. The third-order valence-electron chi connectivity index (χ3n) is 2.94. The van der Waals surface area contributed by atoms with Crippen LogP contribution in [-0.4, -0.2) is 53.6 Å². The summed E-state index contributed by atoms with van der Waals surface area (Å²) >= 11 is 0. The molecule has 0 radical (unpaired) electrons. The van der Waals surface area contributed by atoms with E-state index >= 15 is 0 Å². The van der Waals surface area contributed by atoms with Gasteiger partial charge in [0.05, 0.1) is 31.2 Å². The predicted molar refractivity (Wildman–Crippen MR) is 89.9 cm³/mol. The lowest BCUT2D eigenvalue weighted by molar-refractivity contribution is -0.384. The minimum Gasteiger partial charge on any atom is -0.496 e. The van der Waals surface area contributed by atoms with Crippen molar-refractivity contribution in [3.63, 3.8) is 0 Å². The van der Waals surface area contributed by atoms with Crippen molar-refractivity contribution >= 4 is 35.7 Å². The van der Waals surface area contributed by atoms with Gasteiger partial charge >= 0.3 is 5.97 Å². The third kappa shape index (κ3) is 6.80. The number of aliphatic carboxylic acids is 1. The van der Waals surface area contributed by atoms with Crippen molar-refractivity contribution in [3.05, 3.63) is 28.3 Å². The van der Waals surface area contributed by atoms with Gasteiger partial charge < -0.3 is 15.2 Å². The van der Waals surface area contributed by atoms with Crippen LogP contribution in [0.5, 0.6) is 5.75 Å². The second kappa shape index (κ2) is 10.4. The van der Waals surface area contributed by atoms with Gasteiger partial charge in [0.1, 0.15) is 11.4 Å². The van der Waals surface area contributed by atoms with E-state index in [4.69, 9.17) is 9.84 Å². The predicted octanol–water partition coefficient (Wildman–Crippen LogP) is 1.76. The molecule has 0 aliphatic carbocycles. The maximum Gasteiger partial charge on any atom is 0.317 e. The van der Waals surface area contributed by atoms with E-state index in [1.54, 1.807) is 0 Å². The average Bonchev–Trinajstić information content (AvgIpc) is 2.46. The Kier molecular flexibility index (Phi) is 9.36. The number of rotatable bonds is 9. The summed E-state index contributed by atoms with van der Waals surface area (Å²) < 4.78 is 4.91. The number of nitrogens with zero attached hydrogens (tertiary/aromatic N) is 2. The molecule has 24 heavy (non-hydrogen) atoms. The van der Waals surface area contributed by atoms with Crippen molar-refractivity contribution in [2.75, 3.05) is 32.1 Å². The van der Waals surface area contributed by atoms with Crippen molar-refractivity contribution in [3.8, 4) is 5.75 Å². The second-order valence-corrected chi connectivity index (χ2v) is 4.79. The molecule has 1 aromatic rings. The Morgan fingerprint density at radius 3 is 2.54 bits per heavy atom. The summed E-state index contributed by atoms with van der Waals surface area (Å²) in [5.41, 5.74) is -0.259. The van der Waals surface area contributed by atoms with E-state index in [9.17, 15) is 19.7 Å². The minimum absolute atomic E-state index is 0. The number of methoxy groups -OCH3 is 1. The van der Waals surface area contributed by atoms with E-state index in [2.05, 4.69) is 5.32 Å². The number of carboxylic acid groups (broad SMARTS) is 1. The molecule has 0 aromatic heterocycles. The summed E-state index contributed by atoms with van der Waals surface area (Å²) in [5, 5.41) is 22.3. The lowest BCUT2D eigenvalue weighted by atomic mass is 10.2. The van der Waals surface area contributed by atoms with Crippen LogP contribution in [0.15, 0.2) is 18.2 Å². The topological polar surface area (TPSA) is 122 Å². The third-order valence-corrected chi connectivity index (χ3v) is 2.94. The summed E-state index contributed by atoms with van der Waals surface area (Å²) in [6.45, 7) is 1.86. The van der Waals surface area contributed by atoms with Gasteiger partial charge in [0.15, 0.2) is 0 Å². The summed E-state index contributed by atoms with van der Waals surface area (Å²) in [5.74, 6) is -1.26. The Hall–Kier alpha value is -2.39. The van der Waals surface area contributed by atoms with E-state index in [1.807, 2.05) is 6.92 Å². The standard InChI is InChI=1S/C14H19N3O6.ClH/c1-3-6-16(9-14(19)20)8-13(18)15-11-5-4-10(23-2)7-12(11)17(21)22;/h4-5,7H,3,6,8-9H2,1-2H3,(H,15,18)(H,19,20);1H. The molecule has 0 bridgehead atoms. The molecule has 10 heteroatoms. The molecule has 0 fully saturated rings. The smallest absolute Gasteiger partial charge is 0.317 e. The van der Waals surface area contributed by atoms with Gasteiger partial charge in [0, 0.05) is 0 Å². The van der Waals surface area contributed by atoms with Crippen LogP contribution in [0.1, 0.15) is 13.3 Å². The normalized spacial score (nSPS) is 9.96. The molecule has 0 atom stereocenters. The molecule has 1 amide bonds. The highest BCUT2D eigenvalue weighted by molar-refractivity contribution is 5.94. The van der Waals surface area contributed by atoms with Gasteiger partial charge in [-0.3, -0.25) is 24.6 Å². The van der Waals surface area contributed by atoms with Crippen LogP contribution in [0, 0.1) is 10.1 Å². The maximum atomic E-state index is 12.0. The maximum absolute atomic E-state index is 12.0. The van der Waals surface area contributed by atoms with Gasteiger partial charge in [0.2, 0.25) is 5.91 Å². The highest BCUT2D eigenvalue weighted by Gasteiger charge is 2.19. The number of nitro benzene ring substituents is 1. The molecule has 134 valence electrons. The van der Waals surface area contributed by atoms with Crippen molar-refractivity contribution < 1.29 is 24.4 Å². The molecular weight excluding hydrogens is 342 g/mol. The number of ether oxygens (including phenoxy) is 1. The van der Waals surface area contributed by atoms with E-state index in [1.165, 1.54) is 30.2 Å². The molecule has 9 nitrogen and oxygen atoms in total. The fraction of sp³-hybridized carbons (Fsp3) is 0.429. The number of benzene rings is 1. The Balaban J connectivity index is 0.00000529. The van der Waals surface area contributed by atoms with E-state index in [0.717, 1.165) is 0 Å². The van der Waals surface area contributed by atoms with Crippen LogP contribution in [0.2, 0.25) is 0 Å². The SMILES string of the molecule is CCCN(CC(=O)O)CC(=O)Nc1ccc(OC)cc1[N+](=O)[O-].Cl. The Bertz CT molecular complexity index is 596. The quantitative estimate of drug-likeness (QED) is 0.507. The first kappa shape index (κ1) is 21.6. The molecule has 0 saturated carbocycles. The van der Waals surface area contributed by atoms with Crippen LogP contribution in [0.3, 0.4) is 0 Å². The number of hydrogen-bond acceptors (Lipinski definition) is 6. The first-order valence-electron chi connectivity index (χ1n) is 6.93. The number of amides is 1. The molecule has 1 rings (SSSR count). The fourth-order valence-corrected chi connectivity index (χ4v) is 2.01. The Labute approximate surface area is 145 Å². The summed E-state index contributed by atoms with van der Waals surface area (Å²) in [7, 11) is 1.38. The van der Waals surface area contributed by atoms with Crippen molar-refractivity contribution in [1.82, 2.24) is 4.90 Å². The van der Waals surface area contributed by atoms with Crippen LogP contribution in [-0.2, 0) is 9.59 Å². The number of carboxylic acids is 1. The molecular formula is C14H20ClN3O6. The summed E-state index contributed by atoms with van der Waals surface area (Å²) in [6.07, 6.45) is 0.684. The van der Waals surface area contributed by atoms with E-state index in [-0.39, 0.29) is 36.9 Å². The van der Waals surface area contributed by atoms with Gasteiger partial charge in [-0.25, -0.2) is 0 Å². The van der Waals surface area contributed by atoms with Crippen LogP contribution in [0.4, 0.5) is 11.4 Å². The van der Waals surface area contributed by atoms with Gasteiger partial charge in [-0.05, 0) is 25.1 Å². The number of hydrogen-bond donors (Lipinski definition) is 2. The molecule has 2 N–H and O–H groups in total. The lowest BCUT2D eigenvalue weighted by Crippen LogP contribution is -2.37. The minimum atomic E-state index is -1.04. The Morgan fingerprint density at radius 2 is 2.04 bits per heavy atom.